The van der Waals surface area contributed by atoms with Crippen LogP contribution in [0.4, 0.5) is 36.4 Å². The molecule has 0 spiro atoms. The van der Waals surface area contributed by atoms with Crippen molar-refractivity contribution in [1.82, 2.24) is 20.1 Å². The summed E-state index contributed by atoms with van der Waals surface area (Å²) < 4.78 is 42.3. The number of amides is 1. The third kappa shape index (κ3) is 4.48. The number of hydrogen-bond acceptors (Lipinski definition) is 7. The highest BCUT2D eigenvalue weighted by Gasteiger charge is 2.27. The number of hydrogen-bond donors (Lipinski definition) is 4. The number of aromatic amines is 1. The Labute approximate surface area is 166 Å². The number of nitrogens with zero attached hydrogens (tertiary/aromatic N) is 3. The van der Waals surface area contributed by atoms with Gasteiger partial charge < -0.3 is 25.5 Å². The monoisotopic (exact) mass is 417 g/mol. The Hall–Kier alpha value is -4.09. The van der Waals surface area contributed by atoms with Gasteiger partial charge in [-0.05, 0) is 30.3 Å². The average Bonchev–Trinajstić information content (AvgIpc) is 3.38. The molecule has 0 saturated carbocycles. The molecule has 154 valence electrons. The molecule has 4 rings (SSSR count). The summed E-state index contributed by atoms with van der Waals surface area (Å²) in [6.45, 7) is -1.22. The molecule has 0 fully saturated rings. The summed E-state index contributed by atoms with van der Waals surface area (Å²) in [5.74, 6) is 0.0472. The first-order valence-electron chi connectivity index (χ1n) is 8.62. The van der Waals surface area contributed by atoms with Crippen LogP contribution in [0.25, 0.3) is 11.0 Å². The van der Waals surface area contributed by atoms with Crippen LogP contribution in [0, 0.1) is 0 Å². The van der Waals surface area contributed by atoms with Gasteiger partial charge in [-0.1, -0.05) is 5.16 Å². The zero-order valence-electron chi connectivity index (χ0n) is 15.1. The lowest BCUT2D eigenvalue weighted by atomic mass is 10.2. The highest BCUT2D eigenvalue weighted by molar-refractivity contribution is 6.03. The number of carbonyl (C=O) groups is 1. The highest BCUT2D eigenvalue weighted by atomic mass is 19.4. The summed E-state index contributed by atoms with van der Waals surface area (Å²) in [4.78, 5) is 23.4. The van der Waals surface area contributed by atoms with Crippen LogP contribution >= 0.6 is 0 Å². The summed E-state index contributed by atoms with van der Waals surface area (Å²) in [6, 6.07) is 9.44. The maximum Gasteiger partial charge on any atom is 0.405 e. The van der Waals surface area contributed by atoms with Crippen molar-refractivity contribution in [3.8, 4) is 0 Å². The number of nitrogens with one attached hydrogen (secondary N) is 4. The Morgan fingerprint density at radius 2 is 1.90 bits per heavy atom. The molecule has 9 nitrogen and oxygen atoms in total. The van der Waals surface area contributed by atoms with Crippen molar-refractivity contribution >= 4 is 40.2 Å². The molecule has 0 bridgehead atoms. The highest BCUT2D eigenvalue weighted by Crippen LogP contribution is 2.25. The maximum atomic E-state index is 12.6. The van der Waals surface area contributed by atoms with Crippen molar-refractivity contribution in [3.63, 3.8) is 0 Å². The Balaban J connectivity index is 1.50. The van der Waals surface area contributed by atoms with E-state index in [9.17, 15) is 18.0 Å². The third-order valence-electron chi connectivity index (χ3n) is 3.95. The second-order valence-corrected chi connectivity index (χ2v) is 6.15. The number of carbonyl (C=O) groups excluding carboxylic acids is 1. The predicted octanol–water partition coefficient (Wildman–Crippen LogP) is 3.92. The minimum absolute atomic E-state index is 0.0460. The lowest BCUT2D eigenvalue weighted by Crippen LogP contribution is -2.22. The molecule has 3 aromatic heterocycles. The number of fused-ring (bicyclic) bond motifs is 1. The zero-order chi connectivity index (χ0) is 21.1. The molecule has 0 aliphatic carbocycles. The number of anilines is 4. The van der Waals surface area contributed by atoms with Gasteiger partial charge in [-0.2, -0.15) is 23.1 Å². The molecule has 0 radical (unpaired) electrons. The molecule has 1 aromatic carbocycles. The Morgan fingerprint density at radius 3 is 2.60 bits per heavy atom. The fraction of sp³-hybridized carbons (Fsp3) is 0.111. The van der Waals surface area contributed by atoms with Crippen LogP contribution in [0.2, 0.25) is 0 Å². The van der Waals surface area contributed by atoms with Crippen LogP contribution in [0.15, 0.2) is 53.4 Å². The van der Waals surface area contributed by atoms with Crippen LogP contribution < -0.4 is 16.0 Å². The molecule has 0 atom stereocenters. The van der Waals surface area contributed by atoms with E-state index in [0.29, 0.717) is 22.3 Å². The Morgan fingerprint density at radius 1 is 1.10 bits per heavy atom. The smallest absolute Gasteiger partial charge is 0.363 e. The van der Waals surface area contributed by atoms with Crippen molar-refractivity contribution in [2.75, 3.05) is 22.5 Å². The number of alkyl halides is 3. The average molecular weight is 417 g/mol. The second kappa shape index (κ2) is 7.73. The van der Waals surface area contributed by atoms with E-state index in [-0.39, 0.29) is 23.5 Å². The van der Waals surface area contributed by atoms with Gasteiger partial charge in [0.25, 0.3) is 5.91 Å². The molecule has 30 heavy (non-hydrogen) atoms. The van der Waals surface area contributed by atoms with Gasteiger partial charge in [0.15, 0.2) is 5.82 Å². The zero-order valence-corrected chi connectivity index (χ0v) is 15.1. The van der Waals surface area contributed by atoms with Crippen LogP contribution in [-0.2, 0) is 0 Å². The molecule has 0 unspecified atom stereocenters. The molecule has 0 aliphatic rings. The van der Waals surface area contributed by atoms with E-state index in [0.717, 1.165) is 0 Å². The number of benzene rings is 1. The summed E-state index contributed by atoms with van der Waals surface area (Å²) >= 11 is 0. The maximum absolute atomic E-state index is 12.6. The van der Waals surface area contributed by atoms with E-state index in [2.05, 4.69) is 40.6 Å². The fourth-order valence-corrected chi connectivity index (χ4v) is 2.62. The van der Waals surface area contributed by atoms with Crippen molar-refractivity contribution in [2.45, 2.75) is 6.18 Å². The van der Waals surface area contributed by atoms with Gasteiger partial charge in [0.05, 0.1) is 5.39 Å². The van der Waals surface area contributed by atoms with Gasteiger partial charge in [-0.3, -0.25) is 4.79 Å². The topological polar surface area (TPSA) is 121 Å². The molecular formula is C18H14F3N7O2. The number of H-pyrrole nitrogens is 1. The molecule has 0 saturated heterocycles. The van der Waals surface area contributed by atoms with Gasteiger partial charge in [0.2, 0.25) is 5.95 Å². The Kier molecular flexibility index (Phi) is 4.96. The van der Waals surface area contributed by atoms with Crippen LogP contribution in [0.3, 0.4) is 0 Å². The van der Waals surface area contributed by atoms with E-state index in [1.54, 1.807) is 36.5 Å². The molecule has 4 N–H and O–H groups in total. The van der Waals surface area contributed by atoms with Gasteiger partial charge in [0.1, 0.15) is 24.3 Å². The lowest BCUT2D eigenvalue weighted by molar-refractivity contribution is -0.115. The minimum atomic E-state index is -4.39. The van der Waals surface area contributed by atoms with E-state index >= 15 is 0 Å². The SMILES string of the molecule is O=C(Nc1ccon1)c1ccc(Nc2nc(NCC(F)(F)F)c3cc[nH]c3n2)cc1. The van der Waals surface area contributed by atoms with Gasteiger partial charge in [0, 0.05) is 23.5 Å². The quantitative estimate of drug-likeness (QED) is 0.375. The molecule has 4 aromatic rings. The van der Waals surface area contributed by atoms with Crippen LogP contribution in [-0.4, -0.2) is 38.7 Å². The van der Waals surface area contributed by atoms with E-state index in [1.807, 2.05) is 0 Å². The van der Waals surface area contributed by atoms with E-state index in [1.165, 1.54) is 12.3 Å². The Bertz CT molecular complexity index is 1150. The normalized spacial score (nSPS) is 11.4. The molecule has 0 aliphatic heterocycles. The number of rotatable bonds is 6. The first-order chi connectivity index (χ1) is 14.4. The van der Waals surface area contributed by atoms with Gasteiger partial charge in [-0.15, -0.1) is 0 Å². The van der Waals surface area contributed by atoms with Crippen molar-refractivity contribution in [1.29, 1.82) is 0 Å². The number of halogens is 3. The first kappa shape index (κ1) is 19.2. The molecule has 12 heteroatoms. The lowest BCUT2D eigenvalue weighted by Gasteiger charge is -2.12. The largest absolute Gasteiger partial charge is 0.405 e. The summed E-state index contributed by atoms with van der Waals surface area (Å²) in [5, 5.41) is 11.8. The predicted molar refractivity (Wildman–Crippen MR) is 103 cm³/mol. The van der Waals surface area contributed by atoms with Crippen LogP contribution in [0.5, 0.6) is 0 Å². The molecule has 3 heterocycles. The van der Waals surface area contributed by atoms with Gasteiger partial charge in [-0.25, -0.2) is 0 Å². The molecular weight excluding hydrogens is 403 g/mol. The van der Waals surface area contributed by atoms with E-state index in [4.69, 9.17) is 0 Å². The minimum Gasteiger partial charge on any atom is -0.363 e. The third-order valence-corrected chi connectivity index (χ3v) is 3.95. The summed E-state index contributed by atoms with van der Waals surface area (Å²) in [5.41, 5.74) is 1.29. The summed E-state index contributed by atoms with van der Waals surface area (Å²) in [7, 11) is 0. The standard InChI is InChI=1S/C18H14F3N7O2/c19-18(20,21)9-23-15-12-5-7-22-14(12)26-17(27-15)24-11-3-1-10(2-4-11)16(29)25-13-6-8-30-28-13/h1-8H,9H2,(H,25,28,29)(H3,22,23,24,26,27). The van der Waals surface area contributed by atoms with Crippen molar-refractivity contribution < 1.29 is 22.5 Å². The van der Waals surface area contributed by atoms with Crippen molar-refractivity contribution in [3.05, 3.63) is 54.4 Å². The summed E-state index contributed by atoms with van der Waals surface area (Å²) in [6.07, 6.45) is -1.49. The molecule has 1 amide bonds. The number of aromatic nitrogens is 4. The second-order valence-electron chi connectivity index (χ2n) is 6.15. The van der Waals surface area contributed by atoms with Crippen LogP contribution in [0.1, 0.15) is 10.4 Å². The fourth-order valence-electron chi connectivity index (χ4n) is 2.62. The van der Waals surface area contributed by atoms with E-state index < -0.39 is 12.7 Å². The first-order valence-corrected chi connectivity index (χ1v) is 8.62. The van der Waals surface area contributed by atoms with Gasteiger partial charge >= 0.3 is 6.18 Å². The van der Waals surface area contributed by atoms with Crippen molar-refractivity contribution in [2.24, 2.45) is 0 Å².